The van der Waals surface area contributed by atoms with Crippen molar-refractivity contribution in [1.82, 2.24) is 0 Å². The standard InChI is InChI=1S/C14H18O2/c1-8(2)11-7-12-9(3)13(15)5-4-10(12)6-14(11)16/h4-5,11,14-16H,1,6-7H2,2-3H3/t11-,14+/m1/s1. The molecule has 0 aromatic heterocycles. The SMILES string of the molecule is C=C(C)[C@H]1Cc2c(ccc(O)c2C)C[C@@H]1O. The van der Waals surface area contributed by atoms with Gasteiger partial charge in [-0.25, -0.2) is 0 Å². The highest BCUT2D eigenvalue weighted by molar-refractivity contribution is 5.46. The molecule has 1 aromatic rings. The van der Waals surface area contributed by atoms with E-state index in [-0.39, 0.29) is 12.0 Å². The van der Waals surface area contributed by atoms with E-state index in [4.69, 9.17) is 0 Å². The number of hydrogen-bond acceptors (Lipinski definition) is 2. The lowest BCUT2D eigenvalue weighted by molar-refractivity contribution is 0.117. The monoisotopic (exact) mass is 218 g/mol. The number of phenols is 1. The van der Waals surface area contributed by atoms with Crippen LogP contribution in [0, 0.1) is 12.8 Å². The molecule has 0 spiro atoms. The minimum Gasteiger partial charge on any atom is -0.508 e. The van der Waals surface area contributed by atoms with Crippen molar-refractivity contribution in [3.63, 3.8) is 0 Å². The molecule has 16 heavy (non-hydrogen) atoms. The molecule has 0 bridgehead atoms. The van der Waals surface area contributed by atoms with Crippen LogP contribution in [0.2, 0.25) is 0 Å². The Kier molecular flexibility index (Phi) is 2.76. The van der Waals surface area contributed by atoms with Crippen molar-refractivity contribution in [3.8, 4) is 5.75 Å². The van der Waals surface area contributed by atoms with E-state index in [0.29, 0.717) is 12.2 Å². The van der Waals surface area contributed by atoms with Crippen molar-refractivity contribution in [3.05, 3.63) is 41.0 Å². The molecule has 2 heteroatoms. The third-order valence-electron chi connectivity index (χ3n) is 3.62. The molecular formula is C14H18O2. The second kappa shape index (κ2) is 3.95. The molecule has 2 atom stereocenters. The minimum absolute atomic E-state index is 0.119. The third kappa shape index (κ3) is 1.74. The van der Waals surface area contributed by atoms with Crippen LogP contribution in [0.3, 0.4) is 0 Å². The number of phenolic OH excluding ortho intramolecular Hbond substituents is 1. The van der Waals surface area contributed by atoms with Gasteiger partial charge in [-0.2, -0.15) is 0 Å². The molecule has 86 valence electrons. The van der Waals surface area contributed by atoms with Crippen molar-refractivity contribution in [2.75, 3.05) is 0 Å². The largest absolute Gasteiger partial charge is 0.508 e. The first-order valence-corrected chi connectivity index (χ1v) is 5.64. The number of aliphatic hydroxyl groups excluding tert-OH is 1. The summed E-state index contributed by atoms with van der Waals surface area (Å²) >= 11 is 0. The average molecular weight is 218 g/mol. The molecule has 1 aliphatic carbocycles. The Hall–Kier alpha value is -1.28. The first kappa shape index (κ1) is 11.2. The summed E-state index contributed by atoms with van der Waals surface area (Å²) in [7, 11) is 0. The number of hydrogen-bond donors (Lipinski definition) is 2. The second-order valence-electron chi connectivity index (χ2n) is 4.78. The van der Waals surface area contributed by atoms with Crippen LogP contribution in [0.5, 0.6) is 5.75 Å². The highest BCUT2D eigenvalue weighted by Crippen LogP contribution is 2.34. The molecule has 0 saturated carbocycles. The normalized spacial score (nSPS) is 23.9. The molecule has 1 aliphatic rings. The van der Waals surface area contributed by atoms with E-state index >= 15 is 0 Å². The summed E-state index contributed by atoms with van der Waals surface area (Å²) in [4.78, 5) is 0. The summed E-state index contributed by atoms with van der Waals surface area (Å²) in [5.41, 5.74) is 4.29. The summed E-state index contributed by atoms with van der Waals surface area (Å²) in [5.74, 6) is 0.462. The van der Waals surface area contributed by atoms with E-state index in [1.54, 1.807) is 6.07 Å². The zero-order valence-corrected chi connectivity index (χ0v) is 9.83. The summed E-state index contributed by atoms with van der Waals surface area (Å²) in [6, 6.07) is 3.62. The van der Waals surface area contributed by atoms with Crippen LogP contribution in [-0.2, 0) is 12.8 Å². The average Bonchev–Trinajstić information content (AvgIpc) is 2.23. The van der Waals surface area contributed by atoms with Gasteiger partial charge in [-0.05, 0) is 49.4 Å². The first-order chi connectivity index (χ1) is 7.50. The Labute approximate surface area is 96.2 Å². The fourth-order valence-electron chi connectivity index (χ4n) is 2.50. The van der Waals surface area contributed by atoms with Gasteiger partial charge in [0, 0.05) is 5.92 Å². The van der Waals surface area contributed by atoms with E-state index in [1.165, 1.54) is 5.56 Å². The van der Waals surface area contributed by atoms with Crippen LogP contribution in [0.4, 0.5) is 0 Å². The predicted octanol–water partition coefficient (Wildman–Crippen LogP) is 2.35. The topological polar surface area (TPSA) is 40.5 Å². The minimum atomic E-state index is -0.339. The third-order valence-corrected chi connectivity index (χ3v) is 3.62. The number of benzene rings is 1. The lowest BCUT2D eigenvalue weighted by Gasteiger charge is -2.31. The zero-order valence-electron chi connectivity index (χ0n) is 9.83. The quantitative estimate of drug-likeness (QED) is 0.710. The number of rotatable bonds is 1. The molecule has 0 saturated heterocycles. The fourth-order valence-corrected chi connectivity index (χ4v) is 2.50. The first-order valence-electron chi connectivity index (χ1n) is 5.64. The van der Waals surface area contributed by atoms with E-state index in [1.807, 2.05) is 19.9 Å². The van der Waals surface area contributed by atoms with E-state index in [0.717, 1.165) is 23.1 Å². The molecule has 0 unspecified atom stereocenters. The molecule has 0 fully saturated rings. The van der Waals surface area contributed by atoms with Gasteiger partial charge >= 0.3 is 0 Å². The molecule has 1 aromatic carbocycles. The van der Waals surface area contributed by atoms with E-state index in [9.17, 15) is 10.2 Å². The number of fused-ring (bicyclic) bond motifs is 1. The zero-order chi connectivity index (χ0) is 11.9. The fraction of sp³-hybridized carbons (Fsp3) is 0.429. The van der Waals surface area contributed by atoms with Gasteiger partial charge in [0.2, 0.25) is 0 Å². The molecular weight excluding hydrogens is 200 g/mol. The molecule has 2 N–H and O–H groups in total. The Bertz CT molecular complexity index is 435. The van der Waals surface area contributed by atoms with Crippen molar-refractivity contribution in [1.29, 1.82) is 0 Å². The molecule has 0 aliphatic heterocycles. The predicted molar refractivity (Wildman–Crippen MR) is 64.6 cm³/mol. The summed E-state index contributed by atoms with van der Waals surface area (Å²) in [5, 5.41) is 19.7. The van der Waals surface area contributed by atoms with Crippen LogP contribution in [0.15, 0.2) is 24.3 Å². The van der Waals surface area contributed by atoms with Gasteiger partial charge in [0.1, 0.15) is 5.75 Å². The van der Waals surface area contributed by atoms with Crippen LogP contribution in [-0.4, -0.2) is 16.3 Å². The maximum absolute atomic E-state index is 10.0. The smallest absolute Gasteiger partial charge is 0.118 e. The van der Waals surface area contributed by atoms with Crippen LogP contribution < -0.4 is 0 Å². The molecule has 2 nitrogen and oxygen atoms in total. The maximum atomic E-state index is 10.0. The van der Waals surface area contributed by atoms with Crippen molar-refractivity contribution >= 4 is 0 Å². The molecule has 0 radical (unpaired) electrons. The van der Waals surface area contributed by atoms with Gasteiger partial charge in [0.25, 0.3) is 0 Å². The van der Waals surface area contributed by atoms with Gasteiger partial charge in [-0.1, -0.05) is 18.2 Å². The van der Waals surface area contributed by atoms with E-state index < -0.39 is 0 Å². The van der Waals surface area contributed by atoms with Gasteiger partial charge < -0.3 is 10.2 Å². The van der Waals surface area contributed by atoms with Crippen molar-refractivity contribution in [2.45, 2.75) is 32.8 Å². The van der Waals surface area contributed by atoms with E-state index in [2.05, 4.69) is 6.58 Å². The summed E-state index contributed by atoms with van der Waals surface area (Å²) < 4.78 is 0. The van der Waals surface area contributed by atoms with Crippen molar-refractivity contribution < 1.29 is 10.2 Å². The highest BCUT2D eigenvalue weighted by atomic mass is 16.3. The Morgan fingerprint density at radius 2 is 2.06 bits per heavy atom. The van der Waals surface area contributed by atoms with Crippen molar-refractivity contribution in [2.24, 2.45) is 5.92 Å². The lowest BCUT2D eigenvalue weighted by Crippen LogP contribution is -2.31. The van der Waals surface area contributed by atoms with Gasteiger partial charge in [-0.15, -0.1) is 0 Å². The summed E-state index contributed by atoms with van der Waals surface area (Å²) in [6.07, 6.45) is 1.11. The molecule has 2 rings (SSSR count). The summed E-state index contributed by atoms with van der Waals surface area (Å²) in [6.45, 7) is 7.82. The van der Waals surface area contributed by atoms with Crippen LogP contribution in [0.25, 0.3) is 0 Å². The number of aliphatic hydroxyl groups is 1. The van der Waals surface area contributed by atoms with Gasteiger partial charge in [-0.3, -0.25) is 0 Å². The molecule has 0 heterocycles. The number of aromatic hydroxyl groups is 1. The Morgan fingerprint density at radius 3 is 2.69 bits per heavy atom. The Balaban J connectivity index is 2.44. The molecule has 0 amide bonds. The van der Waals surface area contributed by atoms with Crippen LogP contribution >= 0.6 is 0 Å². The highest BCUT2D eigenvalue weighted by Gasteiger charge is 2.28. The maximum Gasteiger partial charge on any atom is 0.118 e. The second-order valence-corrected chi connectivity index (χ2v) is 4.78. The lowest BCUT2D eigenvalue weighted by atomic mass is 9.77. The van der Waals surface area contributed by atoms with Crippen LogP contribution in [0.1, 0.15) is 23.6 Å². The van der Waals surface area contributed by atoms with Gasteiger partial charge in [0.05, 0.1) is 6.10 Å². The van der Waals surface area contributed by atoms with Gasteiger partial charge in [0.15, 0.2) is 0 Å². The Morgan fingerprint density at radius 1 is 1.38 bits per heavy atom.